The SMILES string of the molecule is O=C(O)c1ccc(N=Nc2ccc(C(=O)O)c([N+](=O)[O-])c2)cc1O. The van der Waals surface area contributed by atoms with Crippen molar-refractivity contribution >= 4 is 29.0 Å². The van der Waals surface area contributed by atoms with Crippen LogP contribution in [0, 0.1) is 10.1 Å². The average Bonchev–Trinajstić information content (AvgIpc) is 2.52. The third kappa shape index (κ3) is 3.50. The van der Waals surface area contributed by atoms with Gasteiger partial charge in [-0.15, -0.1) is 0 Å². The largest absolute Gasteiger partial charge is 0.507 e. The van der Waals surface area contributed by atoms with E-state index < -0.39 is 33.9 Å². The number of phenols is 1. The van der Waals surface area contributed by atoms with Gasteiger partial charge < -0.3 is 15.3 Å². The van der Waals surface area contributed by atoms with Gasteiger partial charge in [0.2, 0.25) is 0 Å². The van der Waals surface area contributed by atoms with Crippen molar-refractivity contribution < 1.29 is 29.8 Å². The quantitative estimate of drug-likeness (QED) is 0.430. The van der Waals surface area contributed by atoms with Gasteiger partial charge in [0.05, 0.1) is 16.3 Å². The molecule has 0 radical (unpaired) electrons. The first-order chi connectivity index (χ1) is 11.3. The van der Waals surface area contributed by atoms with E-state index in [9.17, 15) is 24.8 Å². The second-order valence-electron chi connectivity index (χ2n) is 4.47. The molecule has 10 nitrogen and oxygen atoms in total. The Labute approximate surface area is 133 Å². The predicted molar refractivity (Wildman–Crippen MR) is 79.3 cm³/mol. The van der Waals surface area contributed by atoms with Gasteiger partial charge >= 0.3 is 11.9 Å². The molecular weight excluding hydrogens is 322 g/mol. The van der Waals surface area contributed by atoms with Crippen molar-refractivity contribution in [2.45, 2.75) is 0 Å². The Kier molecular flexibility index (Phi) is 4.50. The summed E-state index contributed by atoms with van der Waals surface area (Å²) < 4.78 is 0. The summed E-state index contributed by atoms with van der Waals surface area (Å²) in [6.45, 7) is 0. The van der Waals surface area contributed by atoms with Crippen LogP contribution in [-0.2, 0) is 0 Å². The van der Waals surface area contributed by atoms with Crippen molar-refractivity contribution in [2.24, 2.45) is 10.2 Å². The Hall–Kier alpha value is -3.82. The smallest absolute Gasteiger partial charge is 0.342 e. The topological polar surface area (TPSA) is 163 Å². The molecule has 0 bridgehead atoms. The van der Waals surface area contributed by atoms with Crippen molar-refractivity contribution in [1.82, 2.24) is 0 Å². The Bertz CT molecular complexity index is 877. The lowest BCUT2D eigenvalue weighted by molar-refractivity contribution is -0.385. The summed E-state index contributed by atoms with van der Waals surface area (Å²) in [7, 11) is 0. The molecule has 0 aliphatic heterocycles. The van der Waals surface area contributed by atoms with Crippen LogP contribution in [0.1, 0.15) is 20.7 Å². The van der Waals surface area contributed by atoms with Gasteiger partial charge in [-0.3, -0.25) is 10.1 Å². The highest BCUT2D eigenvalue weighted by Crippen LogP contribution is 2.28. The van der Waals surface area contributed by atoms with E-state index in [1.165, 1.54) is 12.1 Å². The standard InChI is InChI=1S/C14H9N3O7/c18-12-6-8(2-4-10(12)14(21)22)16-15-7-1-3-9(13(19)20)11(5-7)17(23)24/h1-6,18H,(H,19,20)(H,21,22). The summed E-state index contributed by atoms with van der Waals surface area (Å²) in [4.78, 5) is 31.7. The number of hydrogen-bond donors (Lipinski definition) is 3. The van der Waals surface area contributed by atoms with Gasteiger partial charge in [-0.25, -0.2) is 9.59 Å². The molecule has 0 aliphatic carbocycles. The molecule has 0 heterocycles. The van der Waals surface area contributed by atoms with Crippen molar-refractivity contribution in [3.05, 3.63) is 57.6 Å². The average molecular weight is 331 g/mol. The lowest BCUT2D eigenvalue weighted by Crippen LogP contribution is -2.01. The first kappa shape index (κ1) is 16.5. The Morgan fingerprint density at radius 2 is 1.42 bits per heavy atom. The summed E-state index contributed by atoms with van der Waals surface area (Å²) in [5, 5.41) is 45.5. The molecule has 122 valence electrons. The van der Waals surface area contributed by atoms with Gasteiger partial charge in [0.1, 0.15) is 16.9 Å². The molecule has 0 atom stereocenters. The number of hydrogen-bond acceptors (Lipinski definition) is 7. The third-order valence-corrected chi connectivity index (χ3v) is 2.90. The van der Waals surface area contributed by atoms with Crippen LogP contribution in [0.4, 0.5) is 17.1 Å². The van der Waals surface area contributed by atoms with Crippen LogP contribution >= 0.6 is 0 Å². The van der Waals surface area contributed by atoms with E-state index in [1.54, 1.807) is 0 Å². The van der Waals surface area contributed by atoms with E-state index in [0.29, 0.717) is 0 Å². The number of benzene rings is 2. The second-order valence-corrected chi connectivity index (χ2v) is 4.47. The minimum Gasteiger partial charge on any atom is -0.507 e. The molecular formula is C14H9N3O7. The Morgan fingerprint density at radius 1 is 0.917 bits per heavy atom. The lowest BCUT2D eigenvalue weighted by Gasteiger charge is -2.00. The molecule has 0 unspecified atom stereocenters. The highest BCUT2D eigenvalue weighted by Gasteiger charge is 2.20. The molecule has 24 heavy (non-hydrogen) atoms. The van der Waals surface area contributed by atoms with E-state index in [0.717, 1.165) is 24.3 Å². The molecule has 0 amide bonds. The summed E-state index contributed by atoms with van der Waals surface area (Å²) >= 11 is 0. The molecule has 0 aromatic heterocycles. The number of nitro groups is 1. The molecule has 0 saturated heterocycles. The van der Waals surface area contributed by atoms with Gasteiger partial charge in [-0.05, 0) is 24.3 Å². The number of azo groups is 1. The molecule has 10 heteroatoms. The molecule has 0 spiro atoms. The van der Waals surface area contributed by atoms with Crippen molar-refractivity contribution in [3.8, 4) is 5.75 Å². The number of carboxylic acids is 2. The highest BCUT2D eigenvalue weighted by molar-refractivity contribution is 5.93. The summed E-state index contributed by atoms with van der Waals surface area (Å²) in [6, 6.07) is 6.67. The van der Waals surface area contributed by atoms with Crippen LogP contribution in [0.5, 0.6) is 5.75 Å². The molecule has 2 aromatic rings. The van der Waals surface area contributed by atoms with Crippen molar-refractivity contribution in [3.63, 3.8) is 0 Å². The predicted octanol–water partition coefficient (Wildman–Crippen LogP) is 3.11. The van der Waals surface area contributed by atoms with E-state index in [2.05, 4.69) is 10.2 Å². The zero-order chi connectivity index (χ0) is 17.9. The van der Waals surface area contributed by atoms with Crippen LogP contribution < -0.4 is 0 Å². The van der Waals surface area contributed by atoms with Crippen molar-refractivity contribution in [1.29, 1.82) is 0 Å². The van der Waals surface area contributed by atoms with Crippen LogP contribution in [0.3, 0.4) is 0 Å². The second kappa shape index (κ2) is 6.52. The number of aromatic hydroxyl groups is 1. The molecule has 0 fully saturated rings. The number of aromatic carboxylic acids is 2. The van der Waals surface area contributed by atoms with Gasteiger partial charge in [-0.2, -0.15) is 10.2 Å². The maximum atomic E-state index is 10.9. The first-order valence-corrected chi connectivity index (χ1v) is 6.29. The molecule has 0 saturated carbocycles. The molecule has 0 aliphatic rings. The number of nitrogens with zero attached hydrogens (tertiary/aromatic N) is 3. The summed E-state index contributed by atoms with van der Waals surface area (Å²) in [5.41, 5.74) is -1.29. The lowest BCUT2D eigenvalue weighted by atomic mass is 10.1. The van der Waals surface area contributed by atoms with E-state index in [1.807, 2.05) is 0 Å². The highest BCUT2D eigenvalue weighted by atomic mass is 16.6. The van der Waals surface area contributed by atoms with Crippen LogP contribution in [0.25, 0.3) is 0 Å². The fraction of sp³-hybridized carbons (Fsp3) is 0. The van der Waals surface area contributed by atoms with Crippen LogP contribution in [0.15, 0.2) is 46.6 Å². The van der Waals surface area contributed by atoms with Gasteiger partial charge in [0, 0.05) is 12.1 Å². The van der Waals surface area contributed by atoms with Crippen LogP contribution in [-0.4, -0.2) is 32.2 Å². The summed E-state index contributed by atoms with van der Waals surface area (Å²) in [5.74, 6) is -3.26. The Morgan fingerprint density at radius 3 is 1.88 bits per heavy atom. The fourth-order valence-electron chi connectivity index (χ4n) is 1.79. The third-order valence-electron chi connectivity index (χ3n) is 2.90. The zero-order valence-electron chi connectivity index (χ0n) is 11.8. The Balaban J connectivity index is 2.34. The van der Waals surface area contributed by atoms with Gasteiger partial charge in [0.15, 0.2) is 0 Å². The van der Waals surface area contributed by atoms with Gasteiger partial charge in [0.25, 0.3) is 5.69 Å². The first-order valence-electron chi connectivity index (χ1n) is 6.29. The van der Waals surface area contributed by atoms with E-state index in [-0.39, 0.29) is 16.9 Å². The summed E-state index contributed by atoms with van der Waals surface area (Å²) in [6.07, 6.45) is 0. The molecule has 3 N–H and O–H groups in total. The number of nitro benzene ring substituents is 1. The minimum absolute atomic E-state index is 0.0218. The molecule has 2 rings (SSSR count). The maximum absolute atomic E-state index is 10.9. The van der Waals surface area contributed by atoms with Crippen molar-refractivity contribution in [2.75, 3.05) is 0 Å². The maximum Gasteiger partial charge on any atom is 0.342 e. The monoisotopic (exact) mass is 331 g/mol. The number of carboxylic acid groups (broad SMARTS) is 2. The number of rotatable bonds is 5. The zero-order valence-corrected chi connectivity index (χ0v) is 11.8. The minimum atomic E-state index is -1.45. The fourth-order valence-corrected chi connectivity index (χ4v) is 1.79. The van der Waals surface area contributed by atoms with Gasteiger partial charge in [-0.1, -0.05) is 0 Å². The normalized spacial score (nSPS) is 10.7. The van der Waals surface area contributed by atoms with E-state index >= 15 is 0 Å². The van der Waals surface area contributed by atoms with E-state index in [4.69, 9.17) is 10.2 Å². The van der Waals surface area contributed by atoms with Crippen LogP contribution in [0.2, 0.25) is 0 Å². The molecule has 2 aromatic carbocycles. The number of carbonyl (C=O) groups is 2.